The molecule has 1 N–H and O–H groups in total. The fraction of sp³-hybridized carbons (Fsp3) is 0.750. The van der Waals surface area contributed by atoms with Crippen molar-refractivity contribution in [3.63, 3.8) is 0 Å². The average Bonchev–Trinajstić information content (AvgIpc) is 2.00. The minimum absolute atomic E-state index is 0.143. The molecule has 0 amide bonds. The summed E-state index contributed by atoms with van der Waals surface area (Å²) in [4.78, 5) is 8.50. The maximum atomic E-state index is 10.3. The van der Waals surface area contributed by atoms with Crippen LogP contribution in [-0.4, -0.2) is 11.0 Å². The van der Waals surface area contributed by atoms with E-state index in [2.05, 4.69) is 13.5 Å². The molecule has 4 heteroatoms. The highest BCUT2D eigenvalue weighted by Crippen LogP contribution is 2.23. The molecule has 70 valence electrons. The van der Waals surface area contributed by atoms with Crippen molar-refractivity contribution in [2.24, 2.45) is 0 Å². The van der Waals surface area contributed by atoms with E-state index < -0.39 is 8.25 Å². The van der Waals surface area contributed by atoms with Crippen molar-refractivity contribution in [3.8, 4) is 0 Å². The quantitative estimate of drug-likeness (QED) is 0.497. The molecule has 0 radical (unpaired) electrons. The van der Waals surface area contributed by atoms with Crippen LogP contribution in [0.2, 0.25) is 0 Å². The molecule has 0 aliphatic heterocycles. The van der Waals surface area contributed by atoms with E-state index in [4.69, 9.17) is 9.42 Å². The molecule has 3 nitrogen and oxygen atoms in total. The second kappa shape index (κ2) is 7.41. The Balaban J connectivity index is 3.68. The summed E-state index contributed by atoms with van der Waals surface area (Å²) in [6.07, 6.45) is 5.11. The highest BCUT2D eigenvalue weighted by atomic mass is 31.1. The number of hydrogen-bond acceptors (Lipinski definition) is 2. The van der Waals surface area contributed by atoms with Crippen LogP contribution in [0.4, 0.5) is 0 Å². The van der Waals surface area contributed by atoms with Crippen molar-refractivity contribution >= 4 is 8.25 Å². The van der Waals surface area contributed by atoms with Gasteiger partial charge in [0.1, 0.15) is 6.10 Å². The number of hydrogen-bond donors (Lipinski definition) is 1. The van der Waals surface area contributed by atoms with Gasteiger partial charge in [-0.2, -0.15) is 0 Å². The minimum atomic E-state index is -2.47. The predicted octanol–water partition coefficient (Wildman–Crippen LogP) is 2.79. The normalized spacial score (nSPS) is 14.0. The van der Waals surface area contributed by atoms with Gasteiger partial charge >= 0.3 is 8.25 Å². The first-order chi connectivity index (χ1) is 5.70. The molecule has 0 aromatic heterocycles. The van der Waals surface area contributed by atoms with E-state index >= 15 is 0 Å². The molecule has 0 fully saturated rings. The number of rotatable bonds is 7. The van der Waals surface area contributed by atoms with E-state index in [1.54, 1.807) is 6.08 Å². The molecule has 0 heterocycles. The first-order valence-corrected chi connectivity index (χ1v) is 5.27. The van der Waals surface area contributed by atoms with Gasteiger partial charge in [-0.1, -0.05) is 25.8 Å². The summed E-state index contributed by atoms with van der Waals surface area (Å²) in [5.41, 5.74) is 0. The van der Waals surface area contributed by atoms with Crippen LogP contribution in [0.3, 0.4) is 0 Å². The lowest BCUT2D eigenvalue weighted by molar-refractivity contribution is 0.179. The van der Waals surface area contributed by atoms with Crippen LogP contribution >= 0.6 is 8.25 Å². The van der Waals surface area contributed by atoms with Gasteiger partial charge in [0.25, 0.3) is 0 Å². The van der Waals surface area contributed by atoms with Gasteiger partial charge in [0.2, 0.25) is 0 Å². The Morgan fingerprint density at radius 2 is 2.42 bits per heavy atom. The lowest BCUT2D eigenvalue weighted by atomic mass is 10.1. The zero-order valence-electron chi connectivity index (χ0n) is 7.40. The third-order valence-corrected chi connectivity index (χ3v) is 2.03. The average molecular weight is 191 g/mol. The molecular formula is C8H16O3P+. The van der Waals surface area contributed by atoms with E-state index in [1.165, 1.54) is 0 Å². The summed E-state index contributed by atoms with van der Waals surface area (Å²) in [5.74, 6) is 0. The van der Waals surface area contributed by atoms with Crippen LogP contribution in [0.15, 0.2) is 12.7 Å². The molecule has 0 saturated heterocycles. The maximum absolute atomic E-state index is 10.3. The summed E-state index contributed by atoms with van der Waals surface area (Å²) in [6.45, 7) is 5.63. The van der Waals surface area contributed by atoms with E-state index in [9.17, 15) is 4.57 Å². The smallest absolute Gasteiger partial charge is 0.133 e. The SMILES string of the molecule is C=CCC(CCCC)O[P+](=O)O. The van der Waals surface area contributed by atoms with Gasteiger partial charge in [-0.15, -0.1) is 16.0 Å². The largest absolute Gasteiger partial charge is 0.695 e. The summed E-state index contributed by atoms with van der Waals surface area (Å²) in [5, 5.41) is 0. The Bertz CT molecular complexity index is 147. The third kappa shape index (κ3) is 6.47. The fourth-order valence-corrected chi connectivity index (χ4v) is 1.41. The van der Waals surface area contributed by atoms with Gasteiger partial charge in [0.05, 0.1) is 0 Å². The molecule has 0 saturated carbocycles. The van der Waals surface area contributed by atoms with Gasteiger partial charge in [-0.3, -0.25) is 0 Å². The van der Waals surface area contributed by atoms with Crippen molar-refractivity contribution in [1.29, 1.82) is 0 Å². The van der Waals surface area contributed by atoms with Gasteiger partial charge in [0.15, 0.2) is 0 Å². The van der Waals surface area contributed by atoms with Crippen molar-refractivity contribution in [3.05, 3.63) is 12.7 Å². The van der Waals surface area contributed by atoms with E-state index in [1.807, 2.05) is 0 Å². The molecule has 0 aromatic rings. The van der Waals surface area contributed by atoms with Crippen LogP contribution < -0.4 is 0 Å². The van der Waals surface area contributed by atoms with E-state index in [0.29, 0.717) is 6.42 Å². The molecule has 12 heavy (non-hydrogen) atoms. The molecule has 0 aliphatic carbocycles. The Morgan fingerprint density at radius 1 is 1.75 bits per heavy atom. The van der Waals surface area contributed by atoms with Gasteiger partial charge < -0.3 is 0 Å². The second-order valence-corrected chi connectivity index (χ2v) is 3.32. The molecule has 2 atom stereocenters. The molecule has 0 bridgehead atoms. The van der Waals surface area contributed by atoms with Crippen LogP contribution in [0.5, 0.6) is 0 Å². The van der Waals surface area contributed by atoms with Crippen LogP contribution in [0.1, 0.15) is 32.6 Å². The highest BCUT2D eigenvalue weighted by molar-refractivity contribution is 7.32. The molecule has 0 aromatic carbocycles. The standard InChI is InChI=1S/C8H15O3P/c1-3-5-7-8(6-4-2)11-12(9)10/h4,8H,2-3,5-7H2,1H3/p+1. The Labute approximate surface area is 74.4 Å². The third-order valence-electron chi connectivity index (χ3n) is 1.55. The predicted molar refractivity (Wildman–Crippen MR) is 49.0 cm³/mol. The molecular weight excluding hydrogens is 175 g/mol. The zero-order chi connectivity index (χ0) is 9.40. The lowest BCUT2D eigenvalue weighted by Gasteiger charge is -2.05. The number of unbranched alkanes of at least 4 members (excludes halogenated alkanes) is 1. The second-order valence-electron chi connectivity index (χ2n) is 2.63. The van der Waals surface area contributed by atoms with Crippen LogP contribution in [0, 0.1) is 0 Å². The fourth-order valence-electron chi connectivity index (χ4n) is 0.959. The summed E-state index contributed by atoms with van der Waals surface area (Å²) >= 11 is 0. The Morgan fingerprint density at radius 3 is 2.83 bits per heavy atom. The summed E-state index contributed by atoms with van der Waals surface area (Å²) in [6, 6.07) is 0. The summed E-state index contributed by atoms with van der Waals surface area (Å²) in [7, 11) is -2.47. The molecule has 0 aliphatic rings. The molecule has 2 unspecified atom stereocenters. The van der Waals surface area contributed by atoms with Crippen molar-refractivity contribution in [1.82, 2.24) is 0 Å². The Hall–Kier alpha value is -0.240. The van der Waals surface area contributed by atoms with Gasteiger partial charge in [0, 0.05) is 4.57 Å². The van der Waals surface area contributed by atoms with E-state index in [0.717, 1.165) is 19.3 Å². The van der Waals surface area contributed by atoms with Crippen molar-refractivity contribution in [2.45, 2.75) is 38.7 Å². The Kier molecular flexibility index (Phi) is 7.26. The van der Waals surface area contributed by atoms with Crippen LogP contribution in [0.25, 0.3) is 0 Å². The zero-order valence-corrected chi connectivity index (χ0v) is 8.30. The monoisotopic (exact) mass is 191 g/mol. The highest BCUT2D eigenvalue weighted by Gasteiger charge is 2.20. The molecule has 0 rings (SSSR count). The van der Waals surface area contributed by atoms with Crippen molar-refractivity contribution < 1.29 is 14.0 Å². The molecule has 0 spiro atoms. The maximum Gasteiger partial charge on any atom is 0.695 e. The van der Waals surface area contributed by atoms with E-state index in [-0.39, 0.29) is 6.10 Å². The topological polar surface area (TPSA) is 46.5 Å². The van der Waals surface area contributed by atoms with Gasteiger partial charge in [-0.05, 0) is 12.8 Å². The van der Waals surface area contributed by atoms with Crippen molar-refractivity contribution in [2.75, 3.05) is 0 Å². The minimum Gasteiger partial charge on any atom is -0.133 e. The van der Waals surface area contributed by atoms with Gasteiger partial charge in [-0.25, -0.2) is 0 Å². The van der Waals surface area contributed by atoms with Crippen LogP contribution in [-0.2, 0) is 9.09 Å². The summed E-state index contributed by atoms with van der Waals surface area (Å²) < 4.78 is 15.1. The first-order valence-electron chi connectivity index (χ1n) is 4.14. The lowest BCUT2D eigenvalue weighted by Crippen LogP contribution is -2.07. The first kappa shape index (κ1) is 11.8.